The molecule has 0 aliphatic rings. The molecule has 0 aromatic heterocycles. The molecule has 0 aliphatic carbocycles. The minimum atomic E-state index is -0.339. The van der Waals surface area contributed by atoms with Crippen molar-refractivity contribution in [2.75, 3.05) is 0 Å². The molecule has 0 radical (unpaired) electrons. The number of ether oxygens (including phenoxy) is 1. The Labute approximate surface area is 113 Å². The largest absolute Gasteiger partial charge is 0.457 e. The summed E-state index contributed by atoms with van der Waals surface area (Å²) in [6.45, 7) is 1.84. The van der Waals surface area contributed by atoms with Crippen molar-refractivity contribution in [2.24, 2.45) is 0 Å². The molecule has 2 aromatic rings. The third kappa shape index (κ3) is 2.89. The maximum absolute atomic E-state index is 13.1. The molecule has 0 saturated carbocycles. The van der Waals surface area contributed by atoms with Crippen LogP contribution in [0, 0.1) is 12.7 Å². The van der Waals surface area contributed by atoms with Crippen molar-refractivity contribution >= 4 is 15.9 Å². The van der Waals surface area contributed by atoms with Gasteiger partial charge in [0.1, 0.15) is 17.3 Å². The predicted octanol–water partition coefficient (Wildman–Crippen LogP) is 4.18. The maximum atomic E-state index is 13.1. The third-order valence-electron chi connectivity index (χ3n) is 2.51. The van der Waals surface area contributed by atoms with Crippen LogP contribution in [-0.2, 0) is 6.61 Å². The van der Waals surface area contributed by atoms with E-state index in [1.807, 2.05) is 19.1 Å². The Morgan fingerprint density at radius 3 is 2.67 bits per heavy atom. The zero-order valence-electron chi connectivity index (χ0n) is 9.78. The van der Waals surface area contributed by atoms with Crippen LogP contribution in [-0.4, -0.2) is 5.11 Å². The first-order valence-corrected chi connectivity index (χ1v) is 6.23. The van der Waals surface area contributed by atoms with Crippen LogP contribution in [0.3, 0.4) is 0 Å². The molecule has 2 aromatic carbocycles. The van der Waals surface area contributed by atoms with E-state index in [2.05, 4.69) is 15.9 Å². The summed E-state index contributed by atoms with van der Waals surface area (Å²) in [5, 5.41) is 9.27. The molecule has 0 fully saturated rings. The second-order valence-electron chi connectivity index (χ2n) is 3.95. The highest BCUT2D eigenvalue weighted by atomic mass is 79.9. The summed E-state index contributed by atoms with van der Waals surface area (Å²) in [6, 6.07) is 9.96. The highest BCUT2D eigenvalue weighted by Crippen LogP contribution is 2.29. The monoisotopic (exact) mass is 310 g/mol. The fourth-order valence-corrected chi connectivity index (χ4v) is 1.96. The lowest BCUT2D eigenvalue weighted by atomic mass is 10.1. The highest BCUT2D eigenvalue weighted by Gasteiger charge is 2.06. The SMILES string of the molecule is Cc1ccc(Oc2ccc(F)c(Br)c2)c(CO)c1. The molecule has 2 nitrogen and oxygen atoms in total. The van der Waals surface area contributed by atoms with Crippen molar-refractivity contribution in [3.05, 3.63) is 57.8 Å². The van der Waals surface area contributed by atoms with Gasteiger partial charge < -0.3 is 9.84 Å². The Morgan fingerprint density at radius 1 is 1.22 bits per heavy atom. The third-order valence-corrected chi connectivity index (χ3v) is 3.11. The fourth-order valence-electron chi connectivity index (χ4n) is 1.60. The number of benzene rings is 2. The van der Waals surface area contributed by atoms with E-state index in [4.69, 9.17) is 4.74 Å². The Morgan fingerprint density at radius 2 is 2.00 bits per heavy atom. The molecule has 0 unspecified atom stereocenters. The summed E-state index contributed by atoms with van der Waals surface area (Å²) in [6.07, 6.45) is 0. The lowest BCUT2D eigenvalue weighted by molar-refractivity contribution is 0.276. The van der Waals surface area contributed by atoms with Gasteiger partial charge in [0.25, 0.3) is 0 Å². The van der Waals surface area contributed by atoms with E-state index in [0.29, 0.717) is 21.5 Å². The molecule has 0 heterocycles. The molecule has 94 valence electrons. The summed E-state index contributed by atoms with van der Waals surface area (Å²) in [5.74, 6) is 0.747. The molecule has 0 amide bonds. The summed E-state index contributed by atoms with van der Waals surface area (Å²) >= 11 is 3.10. The molecule has 0 atom stereocenters. The van der Waals surface area contributed by atoms with E-state index in [0.717, 1.165) is 5.56 Å². The minimum absolute atomic E-state index is 0.0978. The first-order chi connectivity index (χ1) is 8.60. The number of hydrogen-bond donors (Lipinski definition) is 1. The molecule has 0 saturated heterocycles. The van der Waals surface area contributed by atoms with Gasteiger partial charge >= 0.3 is 0 Å². The number of aliphatic hydroxyl groups is 1. The first kappa shape index (κ1) is 13.1. The smallest absolute Gasteiger partial charge is 0.137 e. The van der Waals surface area contributed by atoms with E-state index >= 15 is 0 Å². The van der Waals surface area contributed by atoms with Gasteiger partial charge in [-0.3, -0.25) is 0 Å². The zero-order valence-corrected chi connectivity index (χ0v) is 11.4. The minimum Gasteiger partial charge on any atom is -0.457 e. The van der Waals surface area contributed by atoms with Gasteiger partial charge in [-0.2, -0.15) is 0 Å². The molecule has 0 aliphatic heterocycles. The van der Waals surface area contributed by atoms with Gasteiger partial charge in [-0.25, -0.2) is 4.39 Å². The number of rotatable bonds is 3. The van der Waals surface area contributed by atoms with Crippen molar-refractivity contribution in [1.82, 2.24) is 0 Å². The molecule has 0 spiro atoms. The summed E-state index contributed by atoms with van der Waals surface area (Å²) < 4.78 is 19.1. The Balaban J connectivity index is 2.30. The van der Waals surface area contributed by atoms with Crippen LogP contribution in [0.4, 0.5) is 4.39 Å². The quantitative estimate of drug-likeness (QED) is 0.921. The molecular formula is C14H12BrFO2. The van der Waals surface area contributed by atoms with Gasteiger partial charge in [0, 0.05) is 5.56 Å². The van der Waals surface area contributed by atoms with Gasteiger partial charge in [-0.15, -0.1) is 0 Å². The molecule has 2 rings (SSSR count). The maximum Gasteiger partial charge on any atom is 0.137 e. The van der Waals surface area contributed by atoms with Crippen molar-refractivity contribution in [2.45, 2.75) is 13.5 Å². The van der Waals surface area contributed by atoms with Gasteiger partial charge in [-0.1, -0.05) is 17.7 Å². The van der Waals surface area contributed by atoms with E-state index in [-0.39, 0.29) is 12.4 Å². The van der Waals surface area contributed by atoms with Crippen LogP contribution in [0.25, 0.3) is 0 Å². The molecule has 18 heavy (non-hydrogen) atoms. The fraction of sp³-hybridized carbons (Fsp3) is 0.143. The number of halogens is 2. The van der Waals surface area contributed by atoms with Crippen LogP contribution in [0.1, 0.15) is 11.1 Å². The van der Waals surface area contributed by atoms with Crippen molar-refractivity contribution < 1.29 is 14.2 Å². The average Bonchev–Trinajstić information content (AvgIpc) is 2.36. The van der Waals surface area contributed by atoms with Crippen LogP contribution in [0.5, 0.6) is 11.5 Å². The molecular weight excluding hydrogens is 299 g/mol. The summed E-state index contributed by atoms with van der Waals surface area (Å²) in [7, 11) is 0. The second-order valence-corrected chi connectivity index (χ2v) is 4.80. The van der Waals surface area contributed by atoms with E-state index in [1.54, 1.807) is 18.2 Å². The first-order valence-electron chi connectivity index (χ1n) is 5.43. The van der Waals surface area contributed by atoms with Crippen molar-refractivity contribution in [3.8, 4) is 11.5 Å². The topological polar surface area (TPSA) is 29.5 Å². The van der Waals surface area contributed by atoms with E-state index in [9.17, 15) is 9.50 Å². The predicted molar refractivity (Wildman–Crippen MR) is 71.3 cm³/mol. The lowest BCUT2D eigenvalue weighted by Gasteiger charge is -2.11. The van der Waals surface area contributed by atoms with Gasteiger partial charge in [0.2, 0.25) is 0 Å². The van der Waals surface area contributed by atoms with Crippen LogP contribution in [0.2, 0.25) is 0 Å². The normalized spacial score (nSPS) is 10.4. The average molecular weight is 311 g/mol. The standard InChI is InChI=1S/C14H12BrFO2/c1-9-2-5-14(10(6-9)8-17)18-11-3-4-13(16)12(15)7-11/h2-7,17H,8H2,1H3. The van der Waals surface area contributed by atoms with Crippen LogP contribution in [0.15, 0.2) is 40.9 Å². The van der Waals surface area contributed by atoms with Crippen LogP contribution >= 0.6 is 15.9 Å². The van der Waals surface area contributed by atoms with Gasteiger partial charge in [0.05, 0.1) is 11.1 Å². The van der Waals surface area contributed by atoms with Crippen molar-refractivity contribution in [3.63, 3.8) is 0 Å². The Hall–Kier alpha value is -1.39. The van der Waals surface area contributed by atoms with E-state index < -0.39 is 0 Å². The van der Waals surface area contributed by atoms with Crippen LogP contribution < -0.4 is 4.74 Å². The zero-order chi connectivity index (χ0) is 13.1. The number of aliphatic hydroxyl groups excluding tert-OH is 1. The number of hydrogen-bond acceptors (Lipinski definition) is 2. The number of aryl methyl sites for hydroxylation is 1. The highest BCUT2D eigenvalue weighted by molar-refractivity contribution is 9.10. The van der Waals surface area contributed by atoms with Gasteiger partial charge in [-0.05, 0) is 47.1 Å². The molecule has 1 N–H and O–H groups in total. The summed E-state index contributed by atoms with van der Waals surface area (Å²) in [5.41, 5.74) is 1.75. The Bertz CT molecular complexity index is 570. The van der Waals surface area contributed by atoms with Gasteiger partial charge in [0.15, 0.2) is 0 Å². The molecule has 0 bridgehead atoms. The van der Waals surface area contributed by atoms with Crippen molar-refractivity contribution in [1.29, 1.82) is 0 Å². The lowest BCUT2D eigenvalue weighted by Crippen LogP contribution is -1.93. The summed E-state index contributed by atoms with van der Waals surface area (Å²) in [4.78, 5) is 0. The second kappa shape index (κ2) is 5.50. The Kier molecular flexibility index (Phi) is 3.99. The van der Waals surface area contributed by atoms with E-state index in [1.165, 1.54) is 6.07 Å². The molecule has 4 heteroatoms.